The van der Waals surface area contributed by atoms with Crippen LogP contribution in [0.4, 0.5) is 20.5 Å². The van der Waals surface area contributed by atoms with Crippen molar-refractivity contribution >= 4 is 28.6 Å². The fourth-order valence-electron chi connectivity index (χ4n) is 4.21. The number of nitrogens with zero attached hydrogens (tertiary/aromatic N) is 3. The van der Waals surface area contributed by atoms with E-state index in [0.29, 0.717) is 11.5 Å². The lowest BCUT2D eigenvalue weighted by Gasteiger charge is -2.30. The Balaban J connectivity index is 1.34. The monoisotopic (exact) mass is 453 g/mol. The van der Waals surface area contributed by atoms with E-state index in [1.165, 1.54) is 24.3 Å². The number of fused-ring (bicyclic) bond motifs is 1. The molecular formula is C25H29F2N5O. The van der Waals surface area contributed by atoms with Crippen LogP contribution in [0.1, 0.15) is 48.5 Å². The number of rotatable bonds is 6. The van der Waals surface area contributed by atoms with Gasteiger partial charge >= 0.3 is 0 Å². The molecular weight excluding hydrogens is 424 g/mol. The number of aromatic nitrogens is 2. The molecule has 1 aliphatic rings. The number of alkyl halides is 2. The Hall–Kier alpha value is -3.29. The van der Waals surface area contributed by atoms with E-state index in [1.807, 2.05) is 43.3 Å². The number of amides is 1. The Morgan fingerprint density at radius 3 is 2.24 bits per heavy atom. The molecule has 0 bridgehead atoms. The molecule has 0 radical (unpaired) electrons. The minimum absolute atomic E-state index is 0.0534. The summed E-state index contributed by atoms with van der Waals surface area (Å²) >= 11 is 0. The molecule has 0 atom stereocenters. The molecule has 6 nitrogen and oxygen atoms in total. The molecule has 0 saturated heterocycles. The lowest BCUT2D eigenvalue weighted by atomic mass is 9.91. The second-order valence-corrected chi connectivity index (χ2v) is 8.91. The molecule has 8 heteroatoms. The Kier molecular flexibility index (Phi) is 6.44. The van der Waals surface area contributed by atoms with Crippen LogP contribution in [-0.4, -0.2) is 42.1 Å². The van der Waals surface area contributed by atoms with Gasteiger partial charge in [-0.15, -0.1) is 0 Å². The maximum Gasteiger partial charge on any atom is 0.270 e. The second kappa shape index (κ2) is 9.29. The maximum atomic E-state index is 13.4. The van der Waals surface area contributed by atoms with Crippen molar-refractivity contribution in [1.29, 1.82) is 0 Å². The van der Waals surface area contributed by atoms with Crippen molar-refractivity contribution in [2.24, 2.45) is 0 Å². The molecule has 1 fully saturated rings. The highest BCUT2D eigenvalue weighted by Crippen LogP contribution is 2.28. The van der Waals surface area contributed by atoms with Gasteiger partial charge in [0.2, 0.25) is 5.95 Å². The van der Waals surface area contributed by atoms with Crippen LogP contribution >= 0.6 is 0 Å². The van der Waals surface area contributed by atoms with Crippen molar-refractivity contribution in [3.8, 4) is 0 Å². The Bertz CT molecular complexity index is 1120. The van der Waals surface area contributed by atoms with Gasteiger partial charge in [-0.05, 0) is 49.9 Å². The third kappa shape index (κ3) is 5.38. The first-order chi connectivity index (χ1) is 15.7. The van der Waals surface area contributed by atoms with Gasteiger partial charge in [0, 0.05) is 49.6 Å². The number of carbonyl (C=O) groups excluding carboxylic acids is 1. The average Bonchev–Trinajstić information content (AvgIpc) is 2.79. The molecule has 2 N–H and O–H groups in total. The van der Waals surface area contributed by atoms with Crippen molar-refractivity contribution in [2.75, 3.05) is 24.3 Å². The molecule has 1 amide bonds. The molecule has 1 saturated carbocycles. The third-order valence-electron chi connectivity index (χ3n) is 6.06. The summed E-state index contributed by atoms with van der Waals surface area (Å²) < 4.78 is 26.7. The highest BCUT2D eigenvalue weighted by molar-refractivity contribution is 5.94. The number of anilines is 2. The predicted octanol–water partition coefficient (Wildman–Crippen LogP) is 4.96. The lowest BCUT2D eigenvalue weighted by Crippen LogP contribution is -2.40. The molecule has 33 heavy (non-hydrogen) atoms. The summed E-state index contributed by atoms with van der Waals surface area (Å²) in [7, 11) is 3.93. The molecule has 3 aromatic rings. The Morgan fingerprint density at radius 2 is 1.61 bits per heavy atom. The summed E-state index contributed by atoms with van der Waals surface area (Å²) in [5.74, 6) is -1.66. The van der Waals surface area contributed by atoms with Gasteiger partial charge in [-0.1, -0.05) is 24.3 Å². The van der Waals surface area contributed by atoms with Gasteiger partial charge < -0.3 is 15.5 Å². The normalized spacial score (nSPS) is 18.7. The van der Waals surface area contributed by atoms with Crippen molar-refractivity contribution < 1.29 is 13.6 Å². The van der Waals surface area contributed by atoms with Crippen molar-refractivity contribution in [2.45, 2.75) is 50.6 Å². The maximum absolute atomic E-state index is 13.4. The summed E-state index contributed by atoms with van der Waals surface area (Å²) in [6.07, 6.45) is 3.39. The zero-order chi connectivity index (χ0) is 23.6. The fourth-order valence-corrected chi connectivity index (χ4v) is 4.21. The summed E-state index contributed by atoms with van der Waals surface area (Å²) in [6, 6.07) is 13.7. The summed E-state index contributed by atoms with van der Waals surface area (Å²) in [5.41, 5.74) is 1.19. The molecule has 2 aromatic carbocycles. The van der Waals surface area contributed by atoms with Crippen LogP contribution in [-0.2, 0) is 5.92 Å². The van der Waals surface area contributed by atoms with Crippen LogP contribution in [0.2, 0.25) is 0 Å². The van der Waals surface area contributed by atoms with E-state index in [2.05, 4.69) is 15.6 Å². The number of benzene rings is 2. The van der Waals surface area contributed by atoms with E-state index in [1.54, 1.807) is 0 Å². The third-order valence-corrected chi connectivity index (χ3v) is 6.06. The van der Waals surface area contributed by atoms with Crippen molar-refractivity contribution in [3.05, 3.63) is 59.7 Å². The zero-order valence-electron chi connectivity index (χ0n) is 19.1. The number of hydrogen-bond acceptors (Lipinski definition) is 5. The van der Waals surface area contributed by atoms with Crippen molar-refractivity contribution in [3.63, 3.8) is 0 Å². The van der Waals surface area contributed by atoms with Crippen LogP contribution < -0.4 is 15.5 Å². The number of nitrogens with one attached hydrogen (secondary N) is 2. The van der Waals surface area contributed by atoms with Crippen LogP contribution in [0, 0.1) is 0 Å². The topological polar surface area (TPSA) is 70.2 Å². The number of hydrogen-bond donors (Lipinski definition) is 2. The van der Waals surface area contributed by atoms with Gasteiger partial charge in [0.15, 0.2) is 0 Å². The van der Waals surface area contributed by atoms with Gasteiger partial charge in [-0.3, -0.25) is 4.79 Å². The van der Waals surface area contributed by atoms with Crippen LogP contribution in [0.3, 0.4) is 0 Å². The van der Waals surface area contributed by atoms with E-state index < -0.39 is 5.92 Å². The molecule has 0 aliphatic heterocycles. The van der Waals surface area contributed by atoms with Gasteiger partial charge in [0.05, 0.1) is 5.52 Å². The van der Waals surface area contributed by atoms with Gasteiger partial charge in [0.25, 0.3) is 11.8 Å². The first kappa shape index (κ1) is 22.9. The summed E-state index contributed by atoms with van der Waals surface area (Å²) in [4.78, 5) is 23.9. The molecule has 174 valence electrons. The average molecular weight is 454 g/mol. The lowest BCUT2D eigenvalue weighted by molar-refractivity contribution is 0.0174. The second-order valence-electron chi connectivity index (χ2n) is 8.91. The highest BCUT2D eigenvalue weighted by Gasteiger charge is 2.26. The van der Waals surface area contributed by atoms with E-state index in [0.717, 1.165) is 49.3 Å². The zero-order valence-corrected chi connectivity index (χ0v) is 19.1. The van der Waals surface area contributed by atoms with Crippen LogP contribution in [0.15, 0.2) is 48.5 Å². The minimum Gasteiger partial charge on any atom is -0.362 e. The fraction of sp³-hybridized carbons (Fsp3) is 0.400. The number of halogens is 2. The van der Waals surface area contributed by atoms with Gasteiger partial charge in [-0.2, -0.15) is 4.98 Å². The molecule has 1 aliphatic carbocycles. The number of carbonyl (C=O) groups is 1. The summed E-state index contributed by atoms with van der Waals surface area (Å²) in [6.45, 7) is 0.846. The summed E-state index contributed by atoms with van der Waals surface area (Å²) in [5, 5.41) is 7.50. The predicted molar refractivity (Wildman–Crippen MR) is 127 cm³/mol. The molecule has 1 aromatic heterocycles. The van der Waals surface area contributed by atoms with E-state index in [4.69, 9.17) is 4.98 Å². The van der Waals surface area contributed by atoms with Gasteiger partial charge in [0.1, 0.15) is 5.82 Å². The van der Waals surface area contributed by atoms with Gasteiger partial charge in [-0.25, -0.2) is 13.8 Å². The molecule has 1 heterocycles. The minimum atomic E-state index is -2.91. The van der Waals surface area contributed by atoms with Crippen molar-refractivity contribution in [1.82, 2.24) is 15.3 Å². The largest absolute Gasteiger partial charge is 0.362 e. The number of para-hydroxylation sites is 1. The smallest absolute Gasteiger partial charge is 0.270 e. The highest BCUT2D eigenvalue weighted by atomic mass is 19.3. The quantitative estimate of drug-likeness (QED) is 0.552. The van der Waals surface area contributed by atoms with E-state index >= 15 is 0 Å². The standard InChI is InChI=1S/C25H29F2N5O/c1-25(26,27)17-10-8-16(9-11-17)23(33)28-18-12-14-19(15-13-18)29-24-30-21-7-5-4-6-20(21)22(31-24)32(2)3/h4-11,18-19H,12-15H2,1-3H3,(H,28,33)(H,29,30,31). The SMILES string of the molecule is CN(C)c1nc(NC2CCC(NC(=O)c3ccc(C(C)(F)F)cc3)CC2)nc2ccccc12. The molecule has 0 unspecified atom stereocenters. The first-order valence-corrected chi connectivity index (χ1v) is 11.2. The molecule has 4 rings (SSSR count). The molecule has 0 spiro atoms. The van der Waals surface area contributed by atoms with Crippen LogP contribution in [0.5, 0.6) is 0 Å². The van der Waals surface area contributed by atoms with E-state index in [-0.39, 0.29) is 23.6 Å². The Morgan fingerprint density at radius 1 is 0.970 bits per heavy atom. The van der Waals surface area contributed by atoms with E-state index in [9.17, 15) is 13.6 Å². The Labute approximate surface area is 192 Å². The van der Waals surface area contributed by atoms with Crippen LogP contribution in [0.25, 0.3) is 10.9 Å². The first-order valence-electron chi connectivity index (χ1n) is 11.2.